The summed E-state index contributed by atoms with van der Waals surface area (Å²) in [6, 6.07) is 11.1. The number of rotatable bonds is 6. The van der Waals surface area contributed by atoms with E-state index in [1.54, 1.807) is 31.2 Å². The average molecular weight is 384 g/mol. The predicted molar refractivity (Wildman–Crippen MR) is 96.3 cm³/mol. The molecule has 0 spiro atoms. The molecule has 1 heterocycles. The highest BCUT2D eigenvalue weighted by molar-refractivity contribution is 6.16. The van der Waals surface area contributed by atoms with Crippen LogP contribution in [0.4, 0.5) is 8.78 Å². The van der Waals surface area contributed by atoms with Crippen molar-refractivity contribution in [3.05, 3.63) is 78.1 Å². The quantitative estimate of drug-likeness (QED) is 0.613. The Labute approximate surface area is 158 Å². The van der Waals surface area contributed by atoms with Crippen molar-refractivity contribution < 1.29 is 28.2 Å². The molecule has 3 rings (SSSR count). The number of carbonyl (C=O) groups is 1. The van der Waals surface area contributed by atoms with Gasteiger partial charge in [0.25, 0.3) is 0 Å². The lowest BCUT2D eigenvalue weighted by atomic mass is 10.0. The van der Waals surface area contributed by atoms with Crippen LogP contribution < -0.4 is 9.47 Å². The molecule has 0 saturated heterocycles. The van der Waals surface area contributed by atoms with E-state index >= 15 is 0 Å². The molecule has 0 atom stereocenters. The lowest BCUT2D eigenvalue weighted by molar-refractivity contribution is -0.130. The molecule has 0 unspecified atom stereocenters. The van der Waals surface area contributed by atoms with Crippen LogP contribution in [0.15, 0.2) is 60.9 Å². The molecule has 0 aliphatic heterocycles. The number of benzene rings is 2. The molecule has 1 N–H and O–H groups in total. The smallest absolute Gasteiger partial charge is 0.336 e. The van der Waals surface area contributed by atoms with Crippen LogP contribution >= 0.6 is 0 Å². The predicted octanol–water partition coefficient (Wildman–Crippen LogP) is 4.83. The van der Waals surface area contributed by atoms with Gasteiger partial charge in [-0.1, -0.05) is 30.3 Å². The fraction of sp³-hybridized carbons (Fsp3) is 0.0500. The maximum atomic E-state index is 13.7. The third-order valence-corrected chi connectivity index (χ3v) is 3.65. The molecule has 2 aromatic carbocycles. The van der Waals surface area contributed by atoms with E-state index in [2.05, 4.69) is 9.97 Å². The van der Waals surface area contributed by atoms with E-state index in [9.17, 15) is 18.7 Å². The molecule has 142 valence electrons. The van der Waals surface area contributed by atoms with Gasteiger partial charge in [-0.3, -0.25) is 0 Å². The molecule has 1 aromatic heterocycles. The van der Waals surface area contributed by atoms with E-state index in [-0.39, 0.29) is 23.1 Å². The number of para-hydroxylation sites is 2. The summed E-state index contributed by atoms with van der Waals surface area (Å²) in [4.78, 5) is 19.1. The zero-order chi connectivity index (χ0) is 20.1. The number of halogens is 2. The number of nitrogens with zero attached hydrogens (tertiary/aromatic N) is 2. The largest absolute Gasteiger partial charge is 0.478 e. The second-order valence-electron chi connectivity index (χ2n) is 5.45. The highest BCUT2D eigenvalue weighted by atomic mass is 19.1. The number of aromatic nitrogens is 2. The fourth-order valence-electron chi connectivity index (χ4n) is 2.40. The first-order chi connectivity index (χ1) is 13.5. The second-order valence-corrected chi connectivity index (χ2v) is 5.45. The summed E-state index contributed by atoms with van der Waals surface area (Å²) in [7, 11) is 0. The molecule has 28 heavy (non-hydrogen) atoms. The number of hydrogen-bond donors (Lipinski definition) is 1. The normalized spacial score (nSPS) is 11.2. The SMILES string of the molecule is C/C=C(/C(=O)O)c1ccccc1Oc1cc(Oc2c(F)cccc2F)ncn1. The molecule has 0 amide bonds. The minimum Gasteiger partial charge on any atom is -0.478 e. The molecule has 0 radical (unpaired) electrons. The summed E-state index contributed by atoms with van der Waals surface area (Å²) in [5.41, 5.74) is 0.397. The van der Waals surface area contributed by atoms with Crippen molar-refractivity contribution in [1.82, 2.24) is 9.97 Å². The Bertz CT molecular complexity index is 1030. The first-order valence-electron chi connectivity index (χ1n) is 8.10. The molecular formula is C20H14F2N2O4. The van der Waals surface area contributed by atoms with Crippen LogP contribution in [0.2, 0.25) is 0 Å². The van der Waals surface area contributed by atoms with Gasteiger partial charge in [0.2, 0.25) is 17.5 Å². The summed E-state index contributed by atoms with van der Waals surface area (Å²) in [5.74, 6) is -3.38. The van der Waals surface area contributed by atoms with Crippen LogP contribution in [0, 0.1) is 11.6 Å². The highest BCUT2D eigenvalue weighted by Gasteiger charge is 2.16. The fourth-order valence-corrected chi connectivity index (χ4v) is 2.40. The van der Waals surface area contributed by atoms with Crippen molar-refractivity contribution in [2.24, 2.45) is 0 Å². The first kappa shape index (κ1) is 19.0. The van der Waals surface area contributed by atoms with Gasteiger partial charge in [0.05, 0.1) is 11.6 Å². The van der Waals surface area contributed by atoms with Crippen LogP contribution in [-0.2, 0) is 4.79 Å². The Morgan fingerprint density at radius 3 is 2.29 bits per heavy atom. The number of allylic oxidation sites excluding steroid dienone is 1. The van der Waals surface area contributed by atoms with Gasteiger partial charge in [-0.25, -0.2) is 23.5 Å². The van der Waals surface area contributed by atoms with E-state index in [0.29, 0.717) is 5.56 Å². The van der Waals surface area contributed by atoms with Gasteiger partial charge in [-0.2, -0.15) is 0 Å². The first-order valence-corrected chi connectivity index (χ1v) is 8.10. The maximum absolute atomic E-state index is 13.7. The Hall–Kier alpha value is -3.81. The van der Waals surface area contributed by atoms with Crippen molar-refractivity contribution in [1.29, 1.82) is 0 Å². The van der Waals surface area contributed by atoms with Crippen molar-refractivity contribution in [3.8, 4) is 23.3 Å². The summed E-state index contributed by atoms with van der Waals surface area (Å²) in [6.07, 6.45) is 2.54. The van der Waals surface area contributed by atoms with Gasteiger partial charge in [0.15, 0.2) is 11.6 Å². The van der Waals surface area contributed by atoms with E-state index < -0.39 is 23.4 Å². The Morgan fingerprint density at radius 2 is 1.64 bits per heavy atom. The van der Waals surface area contributed by atoms with Gasteiger partial charge in [-0.15, -0.1) is 0 Å². The van der Waals surface area contributed by atoms with E-state index in [0.717, 1.165) is 18.5 Å². The van der Waals surface area contributed by atoms with Crippen LogP contribution in [0.3, 0.4) is 0 Å². The highest BCUT2D eigenvalue weighted by Crippen LogP contribution is 2.32. The zero-order valence-electron chi connectivity index (χ0n) is 14.6. The van der Waals surface area contributed by atoms with Crippen LogP contribution in [0.25, 0.3) is 5.57 Å². The Balaban J connectivity index is 1.90. The standard InChI is InChI=1S/C20H14F2N2O4/c1-2-12(20(25)26)13-6-3-4-9-16(13)27-17-10-18(24-11-23-17)28-19-14(21)7-5-8-15(19)22/h2-11H,1H3,(H,25,26)/b12-2+. The van der Waals surface area contributed by atoms with Crippen LogP contribution in [0.1, 0.15) is 12.5 Å². The molecule has 0 bridgehead atoms. The second kappa shape index (κ2) is 8.26. The van der Waals surface area contributed by atoms with Gasteiger partial charge in [-0.05, 0) is 25.1 Å². The minimum atomic E-state index is -1.11. The van der Waals surface area contributed by atoms with Crippen LogP contribution in [-0.4, -0.2) is 21.0 Å². The summed E-state index contributed by atoms with van der Waals surface area (Å²) in [5, 5.41) is 9.34. The van der Waals surface area contributed by atoms with Crippen molar-refractivity contribution in [2.75, 3.05) is 0 Å². The molecule has 0 aliphatic carbocycles. The monoisotopic (exact) mass is 384 g/mol. The minimum absolute atomic E-state index is 0.00930. The summed E-state index contributed by atoms with van der Waals surface area (Å²) in [6.45, 7) is 1.60. The maximum Gasteiger partial charge on any atom is 0.336 e. The molecule has 3 aromatic rings. The van der Waals surface area contributed by atoms with E-state index in [4.69, 9.17) is 9.47 Å². The van der Waals surface area contributed by atoms with E-state index in [1.165, 1.54) is 18.2 Å². The zero-order valence-corrected chi connectivity index (χ0v) is 14.6. The molecule has 0 saturated carbocycles. The van der Waals surface area contributed by atoms with E-state index in [1.807, 2.05) is 0 Å². The van der Waals surface area contributed by atoms with Gasteiger partial charge >= 0.3 is 5.97 Å². The molecular weight excluding hydrogens is 370 g/mol. The van der Waals surface area contributed by atoms with Gasteiger partial charge in [0.1, 0.15) is 12.1 Å². The lowest BCUT2D eigenvalue weighted by Gasteiger charge is -2.12. The Morgan fingerprint density at radius 1 is 1.00 bits per heavy atom. The average Bonchev–Trinajstić information content (AvgIpc) is 2.67. The lowest BCUT2D eigenvalue weighted by Crippen LogP contribution is -2.02. The van der Waals surface area contributed by atoms with Gasteiger partial charge in [0, 0.05) is 5.56 Å². The van der Waals surface area contributed by atoms with Crippen molar-refractivity contribution >= 4 is 11.5 Å². The molecule has 0 aliphatic rings. The van der Waals surface area contributed by atoms with Crippen LogP contribution in [0.5, 0.6) is 23.3 Å². The number of hydrogen-bond acceptors (Lipinski definition) is 5. The summed E-state index contributed by atoms with van der Waals surface area (Å²) < 4.78 is 38.3. The number of carboxylic acids is 1. The van der Waals surface area contributed by atoms with Crippen molar-refractivity contribution in [3.63, 3.8) is 0 Å². The molecule has 8 heteroatoms. The number of aliphatic carboxylic acids is 1. The van der Waals surface area contributed by atoms with Gasteiger partial charge < -0.3 is 14.6 Å². The topological polar surface area (TPSA) is 81.5 Å². The third kappa shape index (κ3) is 4.12. The molecule has 0 fully saturated rings. The van der Waals surface area contributed by atoms with Crippen molar-refractivity contribution in [2.45, 2.75) is 6.92 Å². The summed E-state index contributed by atoms with van der Waals surface area (Å²) >= 11 is 0. The number of carboxylic acid groups (broad SMARTS) is 1. The number of ether oxygens (including phenoxy) is 2. The molecule has 6 nitrogen and oxygen atoms in total. The third-order valence-electron chi connectivity index (χ3n) is 3.65. The Kier molecular flexibility index (Phi) is 5.59.